The van der Waals surface area contributed by atoms with Crippen LogP contribution in [0.2, 0.25) is 0 Å². The van der Waals surface area contributed by atoms with Gasteiger partial charge in [0.05, 0.1) is 23.5 Å². The molecule has 1 N–H and O–H groups in total. The van der Waals surface area contributed by atoms with Crippen molar-refractivity contribution in [3.05, 3.63) is 39.6 Å². The van der Waals surface area contributed by atoms with E-state index in [4.69, 9.17) is 9.82 Å². The van der Waals surface area contributed by atoms with E-state index in [1.54, 1.807) is 23.3 Å². The second-order valence-corrected chi connectivity index (χ2v) is 10.2. The van der Waals surface area contributed by atoms with Gasteiger partial charge in [-0.25, -0.2) is 22.5 Å². The monoisotopic (exact) mass is 529 g/mol. The summed E-state index contributed by atoms with van der Waals surface area (Å²) < 4.78 is 52.9. The van der Waals surface area contributed by atoms with Gasteiger partial charge in [0.15, 0.2) is 0 Å². The normalized spacial score (nSPS) is 18.4. The molecule has 0 aromatic carbocycles. The lowest BCUT2D eigenvalue weighted by molar-refractivity contribution is -0.133. The van der Waals surface area contributed by atoms with E-state index >= 15 is 0 Å². The zero-order valence-corrected chi connectivity index (χ0v) is 21.0. The third-order valence-corrected chi connectivity index (χ3v) is 7.83. The molecule has 2 aliphatic rings. The Morgan fingerprint density at radius 2 is 1.89 bits per heavy atom. The molecule has 2 aromatic rings. The molecule has 0 unspecified atom stereocenters. The van der Waals surface area contributed by atoms with Gasteiger partial charge in [0, 0.05) is 24.4 Å². The van der Waals surface area contributed by atoms with Crippen molar-refractivity contribution < 1.29 is 27.2 Å². The number of piperidine rings is 1. The molecule has 0 spiro atoms. The number of allylic oxidation sites excluding steroid dienone is 1. The molecule has 4 rings (SSSR count). The number of aromatic nitrogens is 3. The molecule has 0 bridgehead atoms. The first-order valence-corrected chi connectivity index (χ1v) is 13.1. The van der Waals surface area contributed by atoms with Crippen LogP contribution in [0.15, 0.2) is 17.5 Å². The van der Waals surface area contributed by atoms with Crippen LogP contribution in [0.3, 0.4) is 0 Å². The number of carbonyl (C=O) groups excluding carboxylic acids is 1. The molecule has 1 amide bonds. The van der Waals surface area contributed by atoms with Crippen molar-refractivity contribution >= 4 is 22.9 Å². The van der Waals surface area contributed by atoms with Gasteiger partial charge in [-0.05, 0) is 37.7 Å². The van der Waals surface area contributed by atoms with Gasteiger partial charge in [0.2, 0.25) is 5.91 Å². The van der Waals surface area contributed by atoms with Gasteiger partial charge in [0.1, 0.15) is 17.9 Å². The summed E-state index contributed by atoms with van der Waals surface area (Å²) >= 11 is 1.58. The number of hydroxylamine groups is 1. The van der Waals surface area contributed by atoms with Crippen molar-refractivity contribution in [1.82, 2.24) is 25.1 Å². The number of hydrogen-bond acceptors (Lipinski definition) is 6. The lowest BCUT2D eigenvalue weighted by Gasteiger charge is -2.31. The molecule has 198 valence electrons. The largest absolute Gasteiger partial charge is 0.341 e. The summed E-state index contributed by atoms with van der Waals surface area (Å²) in [6.45, 7) is 0.384. The Morgan fingerprint density at radius 3 is 2.53 bits per heavy atom. The number of hydrogen-bond donors (Lipinski definition) is 1. The van der Waals surface area contributed by atoms with Crippen LogP contribution in [-0.4, -0.2) is 45.8 Å². The highest BCUT2D eigenvalue weighted by molar-refractivity contribution is 7.09. The molecule has 1 aliphatic carbocycles. The molecular formula is C24H31F4N5O2S. The van der Waals surface area contributed by atoms with Crippen molar-refractivity contribution in [1.29, 1.82) is 0 Å². The topological polar surface area (TPSA) is 72.3 Å². The van der Waals surface area contributed by atoms with Crippen LogP contribution in [0.5, 0.6) is 0 Å². The van der Waals surface area contributed by atoms with E-state index in [0.717, 1.165) is 16.4 Å². The molecule has 12 heteroatoms. The van der Waals surface area contributed by atoms with Crippen LogP contribution in [-0.2, 0) is 16.2 Å². The van der Waals surface area contributed by atoms with Crippen molar-refractivity contribution in [2.45, 2.75) is 70.3 Å². The molecular weight excluding hydrogens is 498 g/mol. The van der Waals surface area contributed by atoms with Crippen LogP contribution in [0, 0.1) is 5.92 Å². The average molecular weight is 530 g/mol. The Morgan fingerprint density at radius 1 is 1.17 bits per heavy atom. The van der Waals surface area contributed by atoms with Crippen LogP contribution in [0.1, 0.15) is 85.8 Å². The zero-order chi connectivity index (χ0) is 25.7. The first-order chi connectivity index (χ1) is 17.4. The fourth-order valence-electron chi connectivity index (χ4n) is 4.88. The van der Waals surface area contributed by atoms with Crippen LogP contribution >= 0.6 is 11.3 Å². The standard InChI is InChI=1S/C24H31F4N5O2S/c1-35-31-17(11-15-5-3-2-4-6-15)19-14-36-24(29-19)16-7-9-32(10-8-16)21(34)13-33-20(23(27)28)12-18(30-33)22(25)26/h11-12,14-16,22-23,31H,2-10,13H2,1H3. The Bertz CT molecular complexity index is 1040. The third kappa shape index (κ3) is 6.44. The molecule has 7 nitrogen and oxygen atoms in total. The molecule has 36 heavy (non-hydrogen) atoms. The Balaban J connectivity index is 1.36. The number of rotatable bonds is 9. The summed E-state index contributed by atoms with van der Waals surface area (Å²) in [5.41, 5.74) is 3.26. The fourth-order valence-corrected chi connectivity index (χ4v) is 5.87. The predicted molar refractivity (Wildman–Crippen MR) is 128 cm³/mol. The van der Waals surface area contributed by atoms with Gasteiger partial charge >= 0.3 is 0 Å². The predicted octanol–water partition coefficient (Wildman–Crippen LogP) is 5.69. The minimum absolute atomic E-state index is 0.179. The van der Waals surface area contributed by atoms with Gasteiger partial charge in [0.25, 0.3) is 12.9 Å². The maximum Gasteiger partial charge on any atom is 0.282 e. The molecule has 1 saturated carbocycles. The lowest BCUT2D eigenvalue weighted by Crippen LogP contribution is -2.40. The van der Waals surface area contributed by atoms with E-state index in [2.05, 4.69) is 16.7 Å². The van der Waals surface area contributed by atoms with Gasteiger partial charge in [-0.3, -0.25) is 19.8 Å². The number of carbonyl (C=O) groups is 1. The maximum absolute atomic E-state index is 13.2. The second kappa shape index (κ2) is 12.2. The second-order valence-electron chi connectivity index (χ2n) is 9.26. The number of halogens is 4. The van der Waals surface area contributed by atoms with E-state index in [1.807, 2.05) is 5.38 Å². The lowest BCUT2D eigenvalue weighted by atomic mass is 9.88. The first kappa shape index (κ1) is 26.6. The summed E-state index contributed by atoms with van der Waals surface area (Å²) in [6, 6.07) is 0.657. The van der Waals surface area contributed by atoms with E-state index in [1.165, 1.54) is 32.1 Å². The van der Waals surface area contributed by atoms with Crippen molar-refractivity contribution in [3.63, 3.8) is 0 Å². The highest BCUT2D eigenvalue weighted by atomic mass is 32.1. The van der Waals surface area contributed by atoms with Crippen LogP contribution in [0.25, 0.3) is 5.70 Å². The number of amides is 1. The average Bonchev–Trinajstić information content (AvgIpc) is 3.53. The number of nitrogens with zero attached hydrogens (tertiary/aromatic N) is 4. The molecule has 3 heterocycles. The SMILES string of the molecule is CONC(=CC1CCCCC1)c1csc(C2CCN(C(=O)Cn3nc(C(F)F)cc3C(F)F)CC2)n1. The Hall–Kier alpha value is -2.47. The smallest absolute Gasteiger partial charge is 0.282 e. The van der Waals surface area contributed by atoms with E-state index in [9.17, 15) is 22.4 Å². The van der Waals surface area contributed by atoms with Gasteiger partial charge in [-0.2, -0.15) is 5.10 Å². The number of nitrogens with one attached hydrogen (secondary N) is 1. The highest BCUT2D eigenvalue weighted by Crippen LogP contribution is 2.33. The van der Waals surface area contributed by atoms with Crippen LogP contribution < -0.4 is 5.48 Å². The van der Waals surface area contributed by atoms with Crippen molar-refractivity contribution in [2.24, 2.45) is 5.92 Å². The van der Waals surface area contributed by atoms with E-state index in [0.29, 0.717) is 42.6 Å². The first-order valence-electron chi connectivity index (χ1n) is 12.2. The minimum Gasteiger partial charge on any atom is -0.341 e. The highest BCUT2D eigenvalue weighted by Gasteiger charge is 2.28. The Labute approximate surface area is 211 Å². The number of thiazole rings is 1. The molecule has 1 aliphatic heterocycles. The van der Waals surface area contributed by atoms with E-state index in [-0.39, 0.29) is 5.92 Å². The summed E-state index contributed by atoms with van der Waals surface area (Å²) in [5.74, 6) is 0.270. The summed E-state index contributed by atoms with van der Waals surface area (Å²) in [7, 11) is 1.58. The zero-order valence-electron chi connectivity index (χ0n) is 20.1. The third-order valence-electron chi connectivity index (χ3n) is 6.82. The summed E-state index contributed by atoms with van der Waals surface area (Å²) in [4.78, 5) is 24.3. The van der Waals surface area contributed by atoms with Crippen molar-refractivity contribution in [3.8, 4) is 0 Å². The summed E-state index contributed by atoms with van der Waals surface area (Å²) in [6.07, 6.45) is 3.69. The molecule has 0 atom stereocenters. The molecule has 2 fully saturated rings. The van der Waals surface area contributed by atoms with Gasteiger partial charge in [-0.15, -0.1) is 11.3 Å². The molecule has 0 radical (unpaired) electrons. The number of alkyl halides is 4. The van der Waals surface area contributed by atoms with Gasteiger partial charge in [-0.1, -0.05) is 25.3 Å². The summed E-state index contributed by atoms with van der Waals surface area (Å²) in [5, 5.41) is 6.51. The fraction of sp³-hybridized carbons (Fsp3) is 0.625. The quantitative estimate of drug-likeness (QED) is 0.334. The molecule has 2 aromatic heterocycles. The van der Waals surface area contributed by atoms with Crippen LogP contribution in [0.4, 0.5) is 17.6 Å². The van der Waals surface area contributed by atoms with E-state index < -0.39 is 36.7 Å². The minimum atomic E-state index is -2.99. The molecule has 1 saturated heterocycles. The Kier molecular flexibility index (Phi) is 9.00. The number of likely N-dealkylation sites (tertiary alicyclic amines) is 1. The van der Waals surface area contributed by atoms with Crippen molar-refractivity contribution in [2.75, 3.05) is 20.2 Å². The van der Waals surface area contributed by atoms with Gasteiger partial charge < -0.3 is 4.90 Å². The maximum atomic E-state index is 13.2.